The maximum absolute atomic E-state index is 11.1. The van der Waals surface area contributed by atoms with Crippen molar-refractivity contribution in [2.75, 3.05) is 18.5 Å². The average molecular weight is 328 g/mol. The molecule has 0 aromatic heterocycles. The van der Waals surface area contributed by atoms with Crippen molar-refractivity contribution in [2.45, 2.75) is 0 Å². The third-order valence-electron chi connectivity index (χ3n) is 2.66. The highest BCUT2D eigenvalue weighted by atomic mass is 16.4. The first kappa shape index (κ1) is 18.9. The van der Waals surface area contributed by atoms with Crippen molar-refractivity contribution in [3.8, 4) is 0 Å². The summed E-state index contributed by atoms with van der Waals surface area (Å²) in [5.41, 5.74) is 1.57. The van der Waals surface area contributed by atoms with E-state index in [0.717, 1.165) is 5.56 Å². The predicted molar refractivity (Wildman–Crippen MR) is 93.7 cm³/mol. The molecule has 24 heavy (non-hydrogen) atoms. The molecule has 0 aliphatic rings. The zero-order chi connectivity index (χ0) is 17.6. The Balaban J connectivity index is 0.000000254. The summed E-state index contributed by atoms with van der Waals surface area (Å²) >= 11 is 0. The van der Waals surface area contributed by atoms with Crippen LogP contribution in [-0.4, -0.2) is 35.4 Å². The van der Waals surface area contributed by atoms with Gasteiger partial charge >= 0.3 is 6.09 Å². The van der Waals surface area contributed by atoms with Gasteiger partial charge in [0.05, 0.1) is 6.61 Å². The first-order valence-electron chi connectivity index (χ1n) is 7.28. The Morgan fingerprint density at radius 2 is 1.54 bits per heavy atom. The Labute approximate surface area is 140 Å². The van der Waals surface area contributed by atoms with Gasteiger partial charge in [0.25, 0.3) is 0 Å². The molecule has 0 radical (unpaired) electrons. The highest BCUT2D eigenvalue weighted by Gasteiger charge is 1.93. The largest absolute Gasteiger partial charge is 0.465 e. The van der Waals surface area contributed by atoms with Crippen molar-refractivity contribution in [1.82, 2.24) is 5.32 Å². The number of carboxylic acid groups (broad SMARTS) is 1. The van der Waals surface area contributed by atoms with Gasteiger partial charge in [-0.15, -0.1) is 0 Å². The van der Waals surface area contributed by atoms with Crippen molar-refractivity contribution in [3.63, 3.8) is 0 Å². The van der Waals surface area contributed by atoms with E-state index in [0.29, 0.717) is 5.69 Å². The molecule has 2 aromatic rings. The number of nitrogens with one attached hydrogen (secondary N) is 2. The molecule has 126 valence electrons. The molecule has 2 aromatic carbocycles. The monoisotopic (exact) mass is 328 g/mol. The van der Waals surface area contributed by atoms with Crippen LogP contribution in [-0.2, 0) is 4.79 Å². The molecule has 0 spiro atoms. The molecule has 2 amide bonds. The zero-order valence-electron chi connectivity index (χ0n) is 13.1. The fourth-order valence-electron chi connectivity index (χ4n) is 1.62. The fraction of sp³-hybridized carbons (Fsp3) is 0.111. The van der Waals surface area contributed by atoms with Crippen LogP contribution in [0, 0.1) is 0 Å². The first-order chi connectivity index (χ1) is 11.6. The van der Waals surface area contributed by atoms with E-state index in [4.69, 9.17) is 10.2 Å². The van der Waals surface area contributed by atoms with Crippen LogP contribution in [0.2, 0.25) is 0 Å². The number of aliphatic hydroxyl groups excluding tert-OH is 1. The molecule has 0 heterocycles. The Hall–Kier alpha value is -3.12. The highest BCUT2D eigenvalue weighted by Crippen LogP contribution is 2.03. The second-order valence-corrected chi connectivity index (χ2v) is 4.55. The van der Waals surface area contributed by atoms with E-state index in [1.165, 1.54) is 6.08 Å². The Morgan fingerprint density at radius 1 is 0.958 bits per heavy atom. The number of hydrogen-bond donors (Lipinski definition) is 4. The summed E-state index contributed by atoms with van der Waals surface area (Å²) in [7, 11) is 0. The standard InChI is InChI=1S/C11H13NO2.C7H7NO2/c13-9-8-12-11(14)7-6-10-4-2-1-3-5-10;9-7(10)8-6-4-2-1-3-5-6/h1-7,13H,8-9H2,(H,12,14);1-5,8H,(H,9,10)/b7-6+;. The number of carbonyl (C=O) groups excluding carboxylic acids is 1. The minimum Gasteiger partial charge on any atom is -0.465 e. The van der Waals surface area contributed by atoms with Gasteiger partial charge in [0.15, 0.2) is 0 Å². The lowest BCUT2D eigenvalue weighted by Gasteiger charge is -1.96. The van der Waals surface area contributed by atoms with Crippen molar-refractivity contribution >= 4 is 23.8 Å². The van der Waals surface area contributed by atoms with Crippen LogP contribution in [0.4, 0.5) is 10.5 Å². The lowest BCUT2D eigenvalue weighted by molar-refractivity contribution is -0.116. The van der Waals surface area contributed by atoms with E-state index in [2.05, 4.69) is 10.6 Å². The number of amides is 2. The van der Waals surface area contributed by atoms with Crippen LogP contribution in [0.15, 0.2) is 66.7 Å². The molecule has 2 rings (SSSR count). The number of benzene rings is 2. The molecule has 0 fully saturated rings. The van der Waals surface area contributed by atoms with E-state index < -0.39 is 6.09 Å². The number of hydrogen-bond acceptors (Lipinski definition) is 3. The van der Waals surface area contributed by atoms with Gasteiger partial charge in [0.1, 0.15) is 0 Å². The third kappa shape index (κ3) is 9.01. The van der Waals surface area contributed by atoms with E-state index in [9.17, 15) is 9.59 Å². The number of anilines is 1. The Kier molecular flexibility index (Phi) is 9.03. The minimum atomic E-state index is -1.04. The van der Waals surface area contributed by atoms with Crippen molar-refractivity contribution in [3.05, 3.63) is 72.3 Å². The maximum Gasteiger partial charge on any atom is 0.409 e. The smallest absolute Gasteiger partial charge is 0.409 e. The average Bonchev–Trinajstić information content (AvgIpc) is 2.60. The van der Waals surface area contributed by atoms with Gasteiger partial charge < -0.3 is 15.5 Å². The molecular formula is C18H20N2O4. The minimum absolute atomic E-state index is 0.0368. The van der Waals surface area contributed by atoms with Crippen LogP contribution < -0.4 is 10.6 Å². The molecule has 0 aliphatic heterocycles. The normalized spacial score (nSPS) is 9.71. The molecule has 0 unspecified atom stereocenters. The molecular weight excluding hydrogens is 308 g/mol. The van der Waals surface area contributed by atoms with E-state index in [-0.39, 0.29) is 19.1 Å². The van der Waals surface area contributed by atoms with Gasteiger partial charge in [0, 0.05) is 18.3 Å². The summed E-state index contributed by atoms with van der Waals surface area (Å²) in [6.07, 6.45) is 2.14. The SMILES string of the molecule is O=C(/C=C/c1ccccc1)NCCO.O=C(O)Nc1ccccc1. The third-order valence-corrected chi connectivity index (χ3v) is 2.66. The van der Waals surface area contributed by atoms with Gasteiger partial charge in [0.2, 0.25) is 5.91 Å². The Bertz CT molecular complexity index is 643. The molecule has 0 atom stereocenters. The molecule has 6 heteroatoms. The van der Waals surface area contributed by atoms with Gasteiger partial charge in [-0.3, -0.25) is 10.1 Å². The van der Waals surface area contributed by atoms with E-state index in [1.807, 2.05) is 36.4 Å². The van der Waals surface area contributed by atoms with E-state index in [1.54, 1.807) is 30.3 Å². The fourth-order valence-corrected chi connectivity index (χ4v) is 1.62. The van der Waals surface area contributed by atoms with Gasteiger partial charge in [-0.05, 0) is 23.8 Å². The highest BCUT2D eigenvalue weighted by molar-refractivity contribution is 5.91. The summed E-state index contributed by atoms with van der Waals surface area (Å²) in [6, 6.07) is 18.3. The topological polar surface area (TPSA) is 98.7 Å². The zero-order valence-corrected chi connectivity index (χ0v) is 13.1. The van der Waals surface area contributed by atoms with Crippen molar-refractivity contribution in [1.29, 1.82) is 0 Å². The van der Waals surface area contributed by atoms with Gasteiger partial charge in [-0.2, -0.15) is 0 Å². The molecule has 6 nitrogen and oxygen atoms in total. The number of aliphatic hydroxyl groups is 1. The second-order valence-electron chi connectivity index (χ2n) is 4.55. The van der Waals surface area contributed by atoms with E-state index >= 15 is 0 Å². The number of carbonyl (C=O) groups is 2. The van der Waals surface area contributed by atoms with Crippen molar-refractivity contribution in [2.24, 2.45) is 0 Å². The van der Waals surface area contributed by atoms with Crippen LogP contribution in [0.3, 0.4) is 0 Å². The number of rotatable bonds is 5. The van der Waals surface area contributed by atoms with Gasteiger partial charge in [-0.1, -0.05) is 48.5 Å². The predicted octanol–water partition coefficient (Wildman–Crippen LogP) is 2.58. The van der Waals surface area contributed by atoms with Crippen LogP contribution in [0.25, 0.3) is 6.08 Å². The van der Waals surface area contributed by atoms with Gasteiger partial charge in [-0.25, -0.2) is 4.79 Å². The lowest BCUT2D eigenvalue weighted by atomic mass is 10.2. The summed E-state index contributed by atoms with van der Waals surface area (Å²) in [5, 5.41) is 21.5. The molecule has 0 aliphatic carbocycles. The summed E-state index contributed by atoms with van der Waals surface area (Å²) in [5.74, 6) is -0.192. The Morgan fingerprint density at radius 3 is 2.08 bits per heavy atom. The quantitative estimate of drug-likeness (QED) is 0.634. The molecule has 4 N–H and O–H groups in total. The molecule has 0 saturated carbocycles. The van der Waals surface area contributed by atoms with Crippen LogP contribution >= 0.6 is 0 Å². The molecule has 0 saturated heterocycles. The maximum atomic E-state index is 11.1. The molecule has 0 bridgehead atoms. The summed E-state index contributed by atoms with van der Waals surface area (Å²) in [6.45, 7) is 0.253. The second kappa shape index (κ2) is 11.4. The van der Waals surface area contributed by atoms with Crippen LogP contribution in [0.5, 0.6) is 0 Å². The van der Waals surface area contributed by atoms with Crippen molar-refractivity contribution < 1.29 is 19.8 Å². The lowest BCUT2D eigenvalue weighted by Crippen LogP contribution is -2.24. The first-order valence-corrected chi connectivity index (χ1v) is 7.28. The summed E-state index contributed by atoms with van der Waals surface area (Å²) in [4.78, 5) is 21.1. The number of para-hydroxylation sites is 1. The summed E-state index contributed by atoms with van der Waals surface area (Å²) < 4.78 is 0. The van der Waals surface area contributed by atoms with Crippen LogP contribution in [0.1, 0.15) is 5.56 Å².